The van der Waals surface area contributed by atoms with Crippen LogP contribution < -0.4 is 16.0 Å². The molecule has 3 aromatic rings. The first-order valence-corrected chi connectivity index (χ1v) is 12.3. The summed E-state index contributed by atoms with van der Waals surface area (Å²) in [6.45, 7) is 1.75. The minimum atomic E-state index is -4.49. The number of pyridine rings is 1. The lowest BCUT2D eigenvalue weighted by Gasteiger charge is -2.46. The second-order valence-corrected chi connectivity index (χ2v) is 9.32. The summed E-state index contributed by atoms with van der Waals surface area (Å²) in [7, 11) is 1.56. The number of nitrogen functional groups attached to an aromatic ring is 1. The van der Waals surface area contributed by atoms with E-state index in [2.05, 4.69) is 10.3 Å². The number of aromatic nitrogens is 1. The quantitative estimate of drug-likeness (QED) is 0.428. The van der Waals surface area contributed by atoms with Crippen molar-refractivity contribution in [3.05, 3.63) is 89.6 Å². The summed E-state index contributed by atoms with van der Waals surface area (Å²) < 4.78 is 38.9. The van der Waals surface area contributed by atoms with Crippen molar-refractivity contribution in [2.45, 2.75) is 38.0 Å². The van der Waals surface area contributed by atoms with Gasteiger partial charge in [0.1, 0.15) is 11.9 Å². The van der Waals surface area contributed by atoms with E-state index in [0.29, 0.717) is 23.2 Å². The van der Waals surface area contributed by atoms with Gasteiger partial charge in [0.25, 0.3) is 5.91 Å². The highest BCUT2D eigenvalue weighted by Crippen LogP contribution is 2.34. The van der Waals surface area contributed by atoms with E-state index in [-0.39, 0.29) is 12.2 Å². The molecule has 4 rings (SSSR count). The van der Waals surface area contributed by atoms with Gasteiger partial charge in [0.2, 0.25) is 5.91 Å². The first-order chi connectivity index (χ1) is 18.5. The van der Waals surface area contributed by atoms with Crippen LogP contribution in [-0.2, 0) is 22.2 Å². The molecule has 39 heavy (non-hydrogen) atoms. The molecule has 0 radical (unpaired) electrons. The molecule has 3 N–H and O–H groups in total. The van der Waals surface area contributed by atoms with Gasteiger partial charge in [-0.2, -0.15) is 13.2 Å². The number of halogens is 3. The standard InChI is InChI=1S/C28H28F3N5O3/c1-3-22(18-9-11-19(12-10-18)28(29,30)31)34-27(39)36-24(26(38)35(2)20-7-5-4-6-8-20)21(25(36)37)15-17-13-14-33-23(32)16-17/h4-14,16,21-22,24H,3,15H2,1-2H3,(H2,32,33)(H,34,39)/t21-,22-,24+/m1/s1. The van der Waals surface area contributed by atoms with Crippen LogP contribution in [0.25, 0.3) is 0 Å². The number of nitrogens with two attached hydrogens (primary N) is 1. The predicted octanol–water partition coefficient (Wildman–Crippen LogP) is 4.58. The Morgan fingerprint density at radius 1 is 1.10 bits per heavy atom. The summed E-state index contributed by atoms with van der Waals surface area (Å²) in [4.78, 5) is 46.4. The van der Waals surface area contributed by atoms with E-state index in [1.165, 1.54) is 23.2 Å². The molecule has 1 aliphatic heterocycles. The molecule has 204 valence electrons. The van der Waals surface area contributed by atoms with Gasteiger partial charge in [-0.25, -0.2) is 9.78 Å². The maximum atomic E-state index is 13.6. The van der Waals surface area contributed by atoms with Crippen LogP contribution in [-0.4, -0.2) is 40.8 Å². The Hall–Kier alpha value is -4.41. The monoisotopic (exact) mass is 539 g/mol. The number of amides is 4. The highest BCUT2D eigenvalue weighted by atomic mass is 19.4. The molecule has 1 aromatic heterocycles. The minimum absolute atomic E-state index is 0.171. The molecule has 0 saturated carbocycles. The molecule has 11 heteroatoms. The van der Waals surface area contributed by atoms with Crippen LogP contribution in [0, 0.1) is 5.92 Å². The number of nitrogens with zero attached hydrogens (tertiary/aromatic N) is 3. The van der Waals surface area contributed by atoms with Crippen molar-refractivity contribution < 1.29 is 27.6 Å². The van der Waals surface area contributed by atoms with Crippen LogP contribution in [0.4, 0.5) is 29.5 Å². The average Bonchev–Trinajstić information content (AvgIpc) is 2.92. The van der Waals surface area contributed by atoms with E-state index in [0.717, 1.165) is 17.0 Å². The third-order valence-corrected chi connectivity index (χ3v) is 6.81. The predicted molar refractivity (Wildman–Crippen MR) is 139 cm³/mol. The Bertz CT molecular complexity index is 1350. The summed E-state index contributed by atoms with van der Waals surface area (Å²) >= 11 is 0. The van der Waals surface area contributed by atoms with E-state index in [1.807, 2.05) is 0 Å². The lowest BCUT2D eigenvalue weighted by atomic mass is 9.81. The van der Waals surface area contributed by atoms with Crippen molar-refractivity contribution in [2.24, 2.45) is 5.92 Å². The van der Waals surface area contributed by atoms with Gasteiger partial charge >= 0.3 is 12.2 Å². The van der Waals surface area contributed by atoms with E-state index in [4.69, 9.17) is 5.73 Å². The lowest BCUT2D eigenvalue weighted by Crippen LogP contribution is -2.70. The maximum Gasteiger partial charge on any atom is 0.416 e. The first kappa shape index (κ1) is 27.6. The largest absolute Gasteiger partial charge is 0.416 e. The highest BCUT2D eigenvalue weighted by molar-refractivity contribution is 6.12. The number of hydrogen-bond acceptors (Lipinski definition) is 5. The topological polar surface area (TPSA) is 109 Å². The van der Waals surface area contributed by atoms with Gasteiger partial charge in [-0.3, -0.25) is 14.5 Å². The Morgan fingerprint density at radius 2 is 1.77 bits per heavy atom. The van der Waals surface area contributed by atoms with Crippen molar-refractivity contribution in [1.29, 1.82) is 0 Å². The molecular weight excluding hydrogens is 511 g/mol. The van der Waals surface area contributed by atoms with Crippen LogP contribution >= 0.6 is 0 Å². The van der Waals surface area contributed by atoms with E-state index in [9.17, 15) is 27.6 Å². The Kier molecular flexibility index (Phi) is 7.89. The number of urea groups is 1. The van der Waals surface area contributed by atoms with E-state index in [1.54, 1.807) is 56.4 Å². The number of anilines is 2. The van der Waals surface area contributed by atoms with Crippen molar-refractivity contribution in [1.82, 2.24) is 15.2 Å². The molecule has 2 aromatic carbocycles. The number of nitrogens with one attached hydrogen (secondary N) is 1. The smallest absolute Gasteiger partial charge is 0.384 e. The number of para-hydroxylation sites is 1. The number of alkyl halides is 3. The number of carbonyl (C=O) groups excluding carboxylic acids is 3. The van der Waals surface area contributed by atoms with Crippen molar-refractivity contribution in [3.8, 4) is 0 Å². The number of benzene rings is 2. The van der Waals surface area contributed by atoms with E-state index < -0.39 is 47.6 Å². The molecule has 3 atom stereocenters. The molecule has 0 spiro atoms. The van der Waals surface area contributed by atoms with Gasteiger partial charge in [-0.1, -0.05) is 37.3 Å². The molecular formula is C28H28F3N5O3. The third kappa shape index (κ3) is 5.87. The van der Waals surface area contributed by atoms with Crippen LogP contribution in [0.2, 0.25) is 0 Å². The fourth-order valence-corrected chi connectivity index (χ4v) is 4.65. The van der Waals surface area contributed by atoms with Gasteiger partial charge in [-0.05, 0) is 60.4 Å². The number of likely N-dealkylation sites (N-methyl/N-ethyl adjacent to an activating group) is 1. The molecule has 1 fully saturated rings. The summed E-state index contributed by atoms with van der Waals surface area (Å²) in [5.74, 6) is -1.54. The van der Waals surface area contributed by atoms with Crippen LogP contribution in [0.1, 0.15) is 36.1 Å². The number of hydrogen-bond donors (Lipinski definition) is 2. The number of carbonyl (C=O) groups is 3. The normalized spacial score (nSPS) is 17.8. The first-order valence-electron chi connectivity index (χ1n) is 12.3. The second-order valence-electron chi connectivity index (χ2n) is 9.32. The van der Waals surface area contributed by atoms with Crippen LogP contribution in [0.5, 0.6) is 0 Å². The molecule has 2 heterocycles. The van der Waals surface area contributed by atoms with Gasteiger partial charge in [-0.15, -0.1) is 0 Å². The summed E-state index contributed by atoms with van der Waals surface area (Å²) in [6, 6.07) is 14.0. The fraction of sp³-hybridized carbons (Fsp3) is 0.286. The number of rotatable bonds is 7. The van der Waals surface area contributed by atoms with Gasteiger partial charge in [0.05, 0.1) is 17.5 Å². The average molecular weight is 540 g/mol. The Morgan fingerprint density at radius 3 is 2.36 bits per heavy atom. The summed E-state index contributed by atoms with van der Waals surface area (Å²) in [6.07, 6.45) is -2.46. The molecule has 1 saturated heterocycles. The van der Waals surface area contributed by atoms with Crippen molar-refractivity contribution in [3.63, 3.8) is 0 Å². The van der Waals surface area contributed by atoms with Gasteiger partial charge in [0, 0.05) is 18.9 Å². The third-order valence-electron chi connectivity index (χ3n) is 6.81. The summed E-state index contributed by atoms with van der Waals surface area (Å²) in [5.41, 5.74) is 6.69. The number of likely N-dealkylation sites (tertiary alicyclic amines) is 1. The number of β-lactam (4-membered cyclic amide) rings is 1. The zero-order valence-electron chi connectivity index (χ0n) is 21.4. The molecule has 0 aliphatic carbocycles. The molecule has 8 nitrogen and oxygen atoms in total. The SMILES string of the molecule is CC[C@@H](NC(=O)N1C(=O)[C@H](Cc2ccnc(N)c2)[C@H]1C(=O)N(C)c1ccccc1)c1ccc(C(F)(F)F)cc1. The van der Waals surface area contributed by atoms with Gasteiger partial charge in [0.15, 0.2) is 0 Å². The Labute approximate surface area is 223 Å². The van der Waals surface area contributed by atoms with Gasteiger partial charge < -0.3 is 16.0 Å². The molecule has 1 aliphatic rings. The molecule has 4 amide bonds. The maximum absolute atomic E-state index is 13.6. The van der Waals surface area contributed by atoms with Crippen molar-refractivity contribution in [2.75, 3.05) is 17.7 Å². The van der Waals surface area contributed by atoms with Crippen molar-refractivity contribution >= 4 is 29.4 Å². The minimum Gasteiger partial charge on any atom is -0.384 e. The lowest BCUT2D eigenvalue weighted by molar-refractivity contribution is -0.156. The summed E-state index contributed by atoms with van der Waals surface area (Å²) in [5, 5.41) is 2.71. The number of imide groups is 1. The highest BCUT2D eigenvalue weighted by Gasteiger charge is 2.55. The zero-order valence-corrected chi connectivity index (χ0v) is 21.4. The van der Waals surface area contributed by atoms with E-state index >= 15 is 0 Å². The Balaban J connectivity index is 1.58. The fourth-order valence-electron chi connectivity index (χ4n) is 4.65. The van der Waals surface area contributed by atoms with Crippen LogP contribution in [0.3, 0.4) is 0 Å². The van der Waals surface area contributed by atoms with Crippen LogP contribution in [0.15, 0.2) is 72.9 Å². The second kappa shape index (κ2) is 11.1. The molecule has 0 unspecified atom stereocenters. The zero-order chi connectivity index (χ0) is 28.3. The molecule has 0 bridgehead atoms.